The number of aromatic nitrogens is 1. The number of hydrogen-bond donors (Lipinski definition) is 1. The Kier molecular flexibility index (Phi) is 7.01. The number of alkyl halides is 3. The molecule has 1 saturated carbocycles. The van der Waals surface area contributed by atoms with Crippen LogP contribution in [0.5, 0.6) is 0 Å². The summed E-state index contributed by atoms with van der Waals surface area (Å²) in [6, 6.07) is 5.83. The minimum atomic E-state index is -4.40. The molecule has 1 aromatic rings. The molecule has 0 spiro atoms. The summed E-state index contributed by atoms with van der Waals surface area (Å²) in [5, 5.41) is 21.7. The number of carbonyl (C=O) groups is 1. The predicted octanol–water partition coefficient (Wildman–Crippen LogP) is 2.84. The maximum atomic E-state index is 12.7. The lowest BCUT2D eigenvalue weighted by Crippen LogP contribution is -2.48. The van der Waals surface area contributed by atoms with E-state index in [1.807, 2.05) is 11.9 Å². The SMILES string of the molecule is CN(c1ccc(C(F)(F)F)cn1)C1CCC(NCC(=O)N2[C@H](C#N)CC[C@@H]2C#N)CC1. The minimum absolute atomic E-state index is 0.0853. The van der Waals surface area contributed by atoms with Crippen LogP contribution in [0.25, 0.3) is 0 Å². The van der Waals surface area contributed by atoms with Crippen LogP contribution in [0.2, 0.25) is 0 Å². The van der Waals surface area contributed by atoms with Crippen molar-refractivity contribution in [1.82, 2.24) is 15.2 Å². The molecule has 0 aromatic carbocycles. The quantitative estimate of drug-likeness (QED) is 0.766. The standard InChI is InChI=1S/C21H25F3N6O/c1-29(19-9-2-14(12-28-19)21(22,23)24)16-5-3-15(4-6-16)27-13-20(31)30-17(10-25)7-8-18(30)11-26/h2,9,12,15-18,27H,3-8,13H2,1H3/t15?,16?,17-,18+. The Labute approximate surface area is 179 Å². The molecule has 1 aliphatic heterocycles. The summed E-state index contributed by atoms with van der Waals surface area (Å²) in [6.07, 6.45) is 0.754. The van der Waals surface area contributed by atoms with Gasteiger partial charge in [-0.25, -0.2) is 4.98 Å². The van der Waals surface area contributed by atoms with Crippen molar-refractivity contribution in [2.75, 3.05) is 18.5 Å². The van der Waals surface area contributed by atoms with Gasteiger partial charge < -0.3 is 15.1 Å². The monoisotopic (exact) mass is 434 g/mol. The lowest BCUT2D eigenvalue weighted by Gasteiger charge is -2.36. The maximum Gasteiger partial charge on any atom is 0.417 e. The summed E-state index contributed by atoms with van der Waals surface area (Å²) in [5.41, 5.74) is -0.766. The van der Waals surface area contributed by atoms with E-state index in [9.17, 15) is 28.5 Å². The maximum absolute atomic E-state index is 12.7. The van der Waals surface area contributed by atoms with E-state index in [0.29, 0.717) is 18.7 Å². The van der Waals surface area contributed by atoms with E-state index >= 15 is 0 Å². The van der Waals surface area contributed by atoms with Crippen LogP contribution in [-0.2, 0) is 11.0 Å². The van der Waals surface area contributed by atoms with Crippen LogP contribution in [0.3, 0.4) is 0 Å². The van der Waals surface area contributed by atoms with Crippen molar-refractivity contribution in [3.63, 3.8) is 0 Å². The molecule has 166 valence electrons. The van der Waals surface area contributed by atoms with Gasteiger partial charge in [0.1, 0.15) is 17.9 Å². The van der Waals surface area contributed by atoms with Crippen molar-refractivity contribution < 1.29 is 18.0 Å². The molecule has 2 fully saturated rings. The Hall–Kier alpha value is -2.85. The molecular weight excluding hydrogens is 409 g/mol. The molecular formula is C21H25F3N6O. The topological polar surface area (TPSA) is 96.1 Å². The Morgan fingerprint density at radius 1 is 1.16 bits per heavy atom. The van der Waals surface area contributed by atoms with Gasteiger partial charge in [-0.1, -0.05) is 0 Å². The highest BCUT2D eigenvalue weighted by molar-refractivity contribution is 5.80. The van der Waals surface area contributed by atoms with E-state index in [4.69, 9.17) is 0 Å². The van der Waals surface area contributed by atoms with Gasteiger partial charge in [0.25, 0.3) is 0 Å². The fourth-order valence-corrected chi connectivity index (χ4v) is 4.35. The lowest BCUT2D eigenvalue weighted by molar-refractivity contribution is -0.137. The first kappa shape index (κ1) is 22.8. The summed E-state index contributed by atoms with van der Waals surface area (Å²) in [6.45, 7) is 0.0853. The Bertz CT molecular complexity index is 830. The molecule has 3 rings (SSSR count). The highest BCUT2D eigenvalue weighted by Gasteiger charge is 2.37. The molecule has 1 aromatic heterocycles. The van der Waals surface area contributed by atoms with Gasteiger partial charge in [-0.05, 0) is 50.7 Å². The van der Waals surface area contributed by atoms with Gasteiger partial charge in [-0.15, -0.1) is 0 Å². The van der Waals surface area contributed by atoms with Gasteiger partial charge in [0.15, 0.2) is 0 Å². The number of nitriles is 2. The second-order valence-corrected chi connectivity index (χ2v) is 8.07. The number of amides is 1. The molecule has 1 amide bonds. The number of carbonyl (C=O) groups excluding carboxylic acids is 1. The van der Waals surface area contributed by atoms with Crippen molar-refractivity contribution in [2.45, 2.75) is 68.9 Å². The van der Waals surface area contributed by atoms with Crippen molar-refractivity contribution in [2.24, 2.45) is 0 Å². The first-order valence-corrected chi connectivity index (χ1v) is 10.3. The Balaban J connectivity index is 1.48. The van der Waals surface area contributed by atoms with Gasteiger partial charge in [-0.2, -0.15) is 23.7 Å². The van der Waals surface area contributed by atoms with E-state index < -0.39 is 23.8 Å². The van der Waals surface area contributed by atoms with Gasteiger partial charge in [0.05, 0.1) is 24.2 Å². The van der Waals surface area contributed by atoms with Gasteiger partial charge >= 0.3 is 6.18 Å². The number of nitrogens with one attached hydrogen (secondary N) is 1. The van der Waals surface area contributed by atoms with Crippen LogP contribution < -0.4 is 10.2 Å². The number of hydrogen-bond acceptors (Lipinski definition) is 6. The first-order chi connectivity index (χ1) is 14.7. The second-order valence-electron chi connectivity index (χ2n) is 8.07. The van der Waals surface area contributed by atoms with E-state index in [-0.39, 0.29) is 24.5 Å². The fourth-order valence-electron chi connectivity index (χ4n) is 4.35. The van der Waals surface area contributed by atoms with E-state index in [0.717, 1.165) is 37.9 Å². The molecule has 2 aliphatic rings. The number of rotatable bonds is 5. The molecule has 1 aliphatic carbocycles. The summed E-state index contributed by atoms with van der Waals surface area (Å²) in [4.78, 5) is 19.8. The number of anilines is 1. The van der Waals surface area contributed by atoms with E-state index in [1.54, 1.807) is 0 Å². The molecule has 0 bridgehead atoms. The van der Waals surface area contributed by atoms with Crippen LogP contribution in [0.4, 0.5) is 19.0 Å². The van der Waals surface area contributed by atoms with Gasteiger partial charge in [0.2, 0.25) is 5.91 Å². The van der Waals surface area contributed by atoms with E-state index in [1.165, 1.54) is 11.0 Å². The molecule has 0 unspecified atom stereocenters. The molecule has 0 radical (unpaired) electrons. The molecule has 31 heavy (non-hydrogen) atoms. The highest BCUT2D eigenvalue weighted by Crippen LogP contribution is 2.31. The van der Waals surface area contributed by atoms with E-state index in [2.05, 4.69) is 22.4 Å². The van der Waals surface area contributed by atoms with Crippen LogP contribution >= 0.6 is 0 Å². The van der Waals surface area contributed by atoms with Crippen molar-refractivity contribution in [1.29, 1.82) is 10.5 Å². The average Bonchev–Trinajstić information content (AvgIpc) is 3.20. The smallest absolute Gasteiger partial charge is 0.357 e. The summed E-state index contributed by atoms with van der Waals surface area (Å²) in [7, 11) is 1.83. The summed E-state index contributed by atoms with van der Waals surface area (Å²) < 4.78 is 38.1. The first-order valence-electron chi connectivity index (χ1n) is 10.3. The normalized spacial score (nSPS) is 26.2. The number of halogens is 3. The molecule has 1 N–H and O–H groups in total. The van der Waals surface area contributed by atoms with Crippen LogP contribution in [-0.4, -0.2) is 53.6 Å². The summed E-state index contributed by atoms with van der Waals surface area (Å²) >= 11 is 0. The van der Waals surface area contributed by atoms with Crippen molar-refractivity contribution >= 4 is 11.7 Å². The van der Waals surface area contributed by atoms with Gasteiger partial charge in [-0.3, -0.25) is 4.79 Å². The predicted molar refractivity (Wildman–Crippen MR) is 107 cm³/mol. The molecule has 2 heterocycles. The lowest BCUT2D eigenvalue weighted by atomic mass is 9.90. The van der Waals surface area contributed by atoms with Gasteiger partial charge in [0, 0.05) is 25.3 Å². The van der Waals surface area contributed by atoms with Crippen molar-refractivity contribution in [3.05, 3.63) is 23.9 Å². The second kappa shape index (κ2) is 9.52. The summed E-state index contributed by atoms with van der Waals surface area (Å²) in [5.74, 6) is 0.266. The molecule has 1 saturated heterocycles. The fraction of sp³-hybridized carbons (Fsp3) is 0.619. The molecule has 10 heteroatoms. The van der Waals surface area contributed by atoms with Crippen LogP contribution in [0, 0.1) is 22.7 Å². The van der Waals surface area contributed by atoms with Crippen LogP contribution in [0.15, 0.2) is 18.3 Å². The third kappa shape index (κ3) is 5.26. The Morgan fingerprint density at radius 3 is 2.26 bits per heavy atom. The zero-order valence-corrected chi connectivity index (χ0v) is 17.3. The third-order valence-corrected chi connectivity index (χ3v) is 6.19. The number of likely N-dealkylation sites (tertiary alicyclic amines) is 1. The zero-order chi connectivity index (χ0) is 22.6. The van der Waals surface area contributed by atoms with Crippen LogP contribution in [0.1, 0.15) is 44.1 Å². The van der Waals surface area contributed by atoms with Crippen molar-refractivity contribution in [3.8, 4) is 12.1 Å². The average molecular weight is 434 g/mol. The Morgan fingerprint density at radius 2 is 1.77 bits per heavy atom. The zero-order valence-electron chi connectivity index (χ0n) is 17.3. The number of nitrogens with zero attached hydrogens (tertiary/aromatic N) is 5. The molecule has 2 atom stereocenters. The highest BCUT2D eigenvalue weighted by atomic mass is 19.4. The number of pyridine rings is 1. The molecule has 7 nitrogen and oxygen atoms in total. The largest absolute Gasteiger partial charge is 0.417 e. The minimum Gasteiger partial charge on any atom is -0.357 e. The third-order valence-electron chi connectivity index (χ3n) is 6.19.